The van der Waals surface area contributed by atoms with E-state index < -0.39 is 0 Å². The third-order valence-corrected chi connectivity index (χ3v) is 5.58. The smallest absolute Gasteiger partial charge is 0.0120 e. The highest BCUT2D eigenvalue weighted by Gasteiger charge is 2.57. The number of rotatable bonds is 3. The van der Waals surface area contributed by atoms with E-state index in [0.29, 0.717) is 0 Å². The third-order valence-electron chi connectivity index (χ3n) is 5.58. The van der Waals surface area contributed by atoms with Crippen molar-refractivity contribution in [1.82, 2.24) is 9.80 Å². The van der Waals surface area contributed by atoms with Crippen LogP contribution in [0.5, 0.6) is 0 Å². The van der Waals surface area contributed by atoms with Gasteiger partial charge in [0.15, 0.2) is 0 Å². The minimum Gasteiger partial charge on any atom is -0.303 e. The third kappa shape index (κ3) is 3.16. The van der Waals surface area contributed by atoms with Crippen molar-refractivity contribution in [2.24, 2.45) is 23.7 Å². The van der Waals surface area contributed by atoms with Crippen molar-refractivity contribution in [3.8, 4) is 0 Å². The van der Waals surface area contributed by atoms with Crippen LogP contribution in [0.3, 0.4) is 0 Å². The Labute approximate surface area is 120 Å². The van der Waals surface area contributed by atoms with E-state index in [1.54, 1.807) is 0 Å². The van der Waals surface area contributed by atoms with Crippen LogP contribution in [0, 0.1) is 23.7 Å². The number of nitrogens with zero attached hydrogens (tertiary/aromatic N) is 2. The molecule has 0 aromatic carbocycles. The van der Waals surface area contributed by atoms with Gasteiger partial charge in [0, 0.05) is 19.1 Å². The van der Waals surface area contributed by atoms with Gasteiger partial charge in [-0.3, -0.25) is 4.90 Å². The van der Waals surface area contributed by atoms with Gasteiger partial charge in [0.2, 0.25) is 0 Å². The Kier molecular flexibility index (Phi) is 5.30. The number of hydrogen-bond acceptors (Lipinski definition) is 2. The predicted octanol–water partition coefficient (Wildman–Crippen LogP) is 3.33. The van der Waals surface area contributed by atoms with Crippen molar-refractivity contribution in [1.29, 1.82) is 0 Å². The maximum absolute atomic E-state index is 2.82. The average Bonchev–Trinajstić information content (AvgIpc) is 2.97. The molecule has 3 aliphatic rings. The van der Waals surface area contributed by atoms with Crippen molar-refractivity contribution >= 4 is 0 Å². The average molecular weight is 266 g/mol. The quantitative estimate of drug-likeness (QED) is 0.773. The summed E-state index contributed by atoms with van der Waals surface area (Å²) in [6.45, 7) is 17.9. The molecule has 2 atom stereocenters. The molecular formula is C17H34N2. The zero-order valence-corrected chi connectivity index (χ0v) is 13.7. The molecule has 112 valence electrons. The highest BCUT2D eigenvalue weighted by atomic mass is 15.2. The lowest BCUT2D eigenvalue weighted by Crippen LogP contribution is -2.45. The first-order valence-electron chi connectivity index (χ1n) is 8.67. The molecule has 0 amide bonds. The molecule has 0 aromatic heterocycles. The van der Waals surface area contributed by atoms with E-state index in [1.165, 1.54) is 45.6 Å². The van der Waals surface area contributed by atoms with E-state index in [4.69, 9.17) is 0 Å². The van der Waals surface area contributed by atoms with Gasteiger partial charge in [-0.05, 0) is 56.1 Å². The van der Waals surface area contributed by atoms with Gasteiger partial charge in [0.25, 0.3) is 0 Å². The zero-order chi connectivity index (χ0) is 14.0. The molecule has 2 aliphatic heterocycles. The Hall–Kier alpha value is -0.0800. The second kappa shape index (κ2) is 6.58. The maximum Gasteiger partial charge on any atom is 0.0120 e. The van der Waals surface area contributed by atoms with Crippen LogP contribution in [-0.2, 0) is 0 Å². The molecule has 3 fully saturated rings. The Bertz CT molecular complexity index is 256. The van der Waals surface area contributed by atoms with Gasteiger partial charge in [-0.25, -0.2) is 0 Å². The van der Waals surface area contributed by atoms with E-state index >= 15 is 0 Å². The van der Waals surface area contributed by atoms with Crippen LogP contribution in [0.2, 0.25) is 0 Å². The molecule has 2 saturated heterocycles. The zero-order valence-electron chi connectivity index (χ0n) is 13.7. The molecule has 0 bridgehead atoms. The van der Waals surface area contributed by atoms with Crippen LogP contribution in [0.25, 0.3) is 0 Å². The summed E-state index contributed by atoms with van der Waals surface area (Å²) in [6, 6.07) is 0.915. The summed E-state index contributed by atoms with van der Waals surface area (Å²) in [5, 5.41) is 0. The maximum atomic E-state index is 2.82. The van der Waals surface area contributed by atoms with Gasteiger partial charge in [0.05, 0.1) is 0 Å². The Morgan fingerprint density at radius 1 is 1.00 bits per heavy atom. The molecule has 19 heavy (non-hydrogen) atoms. The van der Waals surface area contributed by atoms with Gasteiger partial charge >= 0.3 is 0 Å². The van der Waals surface area contributed by atoms with E-state index in [0.717, 1.165) is 29.7 Å². The molecule has 2 nitrogen and oxygen atoms in total. The number of likely N-dealkylation sites (tertiary alicyclic amines) is 2. The fourth-order valence-corrected chi connectivity index (χ4v) is 4.49. The van der Waals surface area contributed by atoms with E-state index in [9.17, 15) is 0 Å². The number of piperidine rings is 2. The van der Waals surface area contributed by atoms with Gasteiger partial charge in [0.1, 0.15) is 0 Å². The SMILES string of the molecule is CC.CCN1CCC(N2CC3C(C2)C3C(C)C)CC1. The van der Waals surface area contributed by atoms with Gasteiger partial charge in [-0.15, -0.1) is 0 Å². The lowest BCUT2D eigenvalue weighted by molar-refractivity contribution is 0.114. The van der Waals surface area contributed by atoms with E-state index in [1.807, 2.05) is 13.8 Å². The summed E-state index contributed by atoms with van der Waals surface area (Å²) in [4.78, 5) is 5.42. The van der Waals surface area contributed by atoms with Crippen LogP contribution in [0.4, 0.5) is 0 Å². The minimum absolute atomic E-state index is 0.915. The van der Waals surface area contributed by atoms with Crippen LogP contribution in [0.1, 0.15) is 47.5 Å². The summed E-state index contributed by atoms with van der Waals surface area (Å²) in [5.74, 6) is 4.13. The summed E-state index contributed by atoms with van der Waals surface area (Å²) in [6.07, 6.45) is 2.83. The van der Waals surface area contributed by atoms with Crippen molar-refractivity contribution < 1.29 is 0 Å². The fraction of sp³-hybridized carbons (Fsp3) is 1.00. The standard InChI is InChI=1S/C15H28N2.C2H6/c1-4-16-7-5-12(6-8-16)17-9-13-14(10-17)15(13)11(2)3;1-2/h11-15H,4-10H2,1-3H3;1-2H3. The molecule has 1 aliphatic carbocycles. The Morgan fingerprint density at radius 3 is 1.95 bits per heavy atom. The monoisotopic (exact) mass is 266 g/mol. The number of hydrogen-bond donors (Lipinski definition) is 0. The van der Waals surface area contributed by atoms with Crippen molar-refractivity contribution in [3.63, 3.8) is 0 Å². The molecular weight excluding hydrogens is 232 g/mol. The van der Waals surface area contributed by atoms with Crippen LogP contribution >= 0.6 is 0 Å². The summed E-state index contributed by atoms with van der Waals surface area (Å²) in [7, 11) is 0. The van der Waals surface area contributed by atoms with Gasteiger partial charge < -0.3 is 4.90 Å². The molecule has 2 heterocycles. The lowest BCUT2D eigenvalue weighted by atomic mass is 10.0. The second-order valence-electron chi connectivity index (χ2n) is 6.77. The van der Waals surface area contributed by atoms with Crippen molar-refractivity contribution in [2.75, 3.05) is 32.7 Å². The second-order valence-corrected chi connectivity index (χ2v) is 6.77. The van der Waals surface area contributed by atoms with Gasteiger partial charge in [-0.1, -0.05) is 34.6 Å². The normalized spacial score (nSPS) is 36.0. The first kappa shape index (κ1) is 15.3. The Balaban J connectivity index is 0.000000637. The topological polar surface area (TPSA) is 6.48 Å². The first-order chi connectivity index (χ1) is 9.20. The molecule has 2 unspecified atom stereocenters. The summed E-state index contributed by atoms with van der Waals surface area (Å²) < 4.78 is 0. The molecule has 3 rings (SSSR count). The van der Waals surface area contributed by atoms with Crippen LogP contribution in [0.15, 0.2) is 0 Å². The molecule has 2 heteroatoms. The Morgan fingerprint density at radius 2 is 1.53 bits per heavy atom. The summed E-state index contributed by atoms with van der Waals surface area (Å²) >= 11 is 0. The molecule has 1 saturated carbocycles. The highest BCUT2D eigenvalue weighted by Crippen LogP contribution is 2.56. The number of fused-ring (bicyclic) bond motifs is 1. The van der Waals surface area contributed by atoms with Crippen molar-refractivity contribution in [3.05, 3.63) is 0 Å². The first-order valence-corrected chi connectivity index (χ1v) is 8.67. The minimum atomic E-state index is 0.915. The molecule has 0 N–H and O–H groups in total. The molecule has 0 radical (unpaired) electrons. The van der Waals surface area contributed by atoms with Crippen LogP contribution < -0.4 is 0 Å². The molecule has 0 aromatic rings. The van der Waals surface area contributed by atoms with E-state index in [2.05, 4.69) is 30.6 Å². The lowest BCUT2D eigenvalue weighted by Gasteiger charge is -2.37. The van der Waals surface area contributed by atoms with Gasteiger partial charge in [-0.2, -0.15) is 0 Å². The summed E-state index contributed by atoms with van der Waals surface area (Å²) in [5.41, 5.74) is 0. The van der Waals surface area contributed by atoms with E-state index in [-0.39, 0.29) is 0 Å². The van der Waals surface area contributed by atoms with Crippen LogP contribution in [-0.4, -0.2) is 48.6 Å². The molecule has 0 spiro atoms. The van der Waals surface area contributed by atoms with Crippen molar-refractivity contribution in [2.45, 2.75) is 53.5 Å². The largest absolute Gasteiger partial charge is 0.303 e. The fourth-order valence-electron chi connectivity index (χ4n) is 4.49. The highest BCUT2D eigenvalue weighted by molar-refractivity contribution is 5.07. The predicted molar refractivity (Wildman–Crippen MR) is 83.4 cm³/mol.